The second-order valence-electron chi connectivity index (χ2n) is 2.97. The molecule has 15 heavy (non-hydrogen) atoms. The van der Waals surface area contributed by atoms with Gasteiger partial charge < -0.3 is 9.84 Å². The predicted octanol–water partition coefficient (Wildman–Crippen LogP) is 2.61. The number of ether oxygens (including phenoxy) is 1. The Balaban J connectivity index is 2.92. The summed E-state index contributed by atoms with van der Waals surface area (Å²) in [4.78, 5) is 10.3. The fourth-order valence-electron chi connectivity index (χ4n) is 1.16. The zero-order chi connectivity index (χ0) is 11.4. The molecule has 0 amide bonds. The number of methoxy groups -OCH3 is 1. The summed E-state index contributed by atoms with van der Waals surface area (Å²) in [6.07, 6.45) is 0.0620. The average Bonchev–Trinajstić information content (AvgIpc) is 2.16. The molecule has 0 saturated heterocycles. The molecule has 0 fully saturated rings. The maximum atomic E-state index is 13.3. The zero-order valence-electron chi connectivity index (χ0n) is 8.09. The molecule has 1 rings (SSSR count). The Morgan fingerprint density at radius 2 is 2.27 bits per heavy atom. The second kappa shape index (κ2) is 5.11. The van der Waals surface area contributed by atoms with Gasteiger partial charge in [0.1, 0.15) is 11.6 Å². The fraction of sp³-hybridized carbons (Fsp3) is 0.300. The van der Waals surface area contributed by atoms with Crippen LogP contribution in [-0.4, -0.2) is 18.2 Å². The monoisotopic (exact) mass is 276 g/mol. The van der Waals surface area contributed by atoms with Crippen molar-refractivity contribution < 1.29 is 19.0 Å². The van der Waals surface area contributed by atoms with E-state index in [1.807, 2.05) is 0 Å². The number of carboxylic acids is 1. The van der Waals surface area contributed by atoms with Gasteiger partial charge >= 0.3 is 5.97 Å². The summed E-state index contributed by atoms with van der Waals surface area (Å²) >= 11 is 3.14. The van der Waals surface area contributed by atoms with Crippen LogP contribution in [0, 0.1) is 5.82 Å². The van der Waals surface area contributed by atoms with Gasteiger partial charge in [0.2, 0.25) is 0 Å². The van der Waals surface area contributed by atoms with Gasteiger partial charge in [0, 0.05) is 6.42 Å². The van der Waals surface area contributed by atoms with E-state index in [1.54, 1.807) is 0 Å². The SMILES string of the molecule is COc1cc(CCC(=O)O)c(F)cc1Br. The molecule has 0 bridgehead atoms. The van der Waals surface area contributed by atoms with Gasteiger partial charge in [-0.2, -0.15) is 0 Å². The number of carbonyl (C=O) groups is 1. The van der Waals surface area contributed by atoms with Crippen molar-refractivity contribution in [3.63, 3.8) is 0 Å². The highest BCUT2D eigenvalue weighted by atomic mass is 79.9. The van der Waals surface area contributed by atoms with Crippen LogP contribution in [0.4, 0.5) is 4.39 Å². The van der Waals surface area contributed by atoms with Crippen molar-refractivity contribution in [2.45, 2.75) is 12.8 Å². The highest BCUT2D eigenvalue weighted by molar-refractivity contribution is 9.10. The van der Waals surface area contributed by atoms with Crippen LogP contribution in [0.5, 0.6) is 5.75 Å². The third kappa shape index (κ3) is 3.20. The van der Waals surface area contributed by atoms with Gasteiger partial charge in [-0.3, -0.25) is 4.79 Å². The van der Waals surface area contributed by atoms with Crippen molar-refractivity contribution in [2.24, 2.45) is 0 Å². The Hall–Kier alpha value is -1.10. The van der Waals surface area contributed by atoms with E-state index in [0.717, 1.165) is 0 Å². The lowest BCUT2D eigenvalue weighted by atomic mass is 10.1. The van der Waals surface area contributed by atoms with Crippen molar-refractivity contribution in [1.29, 1.82) is 0 Å². The highest BCUT2D eigenvalue weighted by Crippen LogP contribution is 2.28. The first kappa shape index (κ1) is 12.0. The standard InChI is InChI=1S/C10H10BrFO3/c1-15-9-4-6(2-3-10(13)14)8(12)5-7(9)11/h4-5H,2-3H2,1H3,(H,13,14). The number of aliphatic carboxylic acids is 1. The molecular weight excluding hydrogens is 267 g/mol. The molecule has 3 nitrogen and oxygen atoms in total. The number of aryl methyl sites for hydroxylation is 1. The number of hydrogen-bond acceptors (Lipinski definition) is 2. The molecule has 1 N–H and O–H groups in total. The molecule has 0 radical (unpaired) electrons. The van der Waals surface area contributed by atoms with Crippen molar-refractivity contribution in [3.8, 4) is 5.75 Å². The second-order valence-corrected chi connectivity index (χ2v) is 3.83. The van der Waals surface area contributed by atoms with Crippen LogP contribution in [0.1, 0.15) is 12.0 Å². The van der Waals surface area contributed by atoms with Gasteiger partial charge in [0.25, 0.3) is 0 Å². The molecule has 0 aliphatic carbocycles. The molecule has 0 aromatic heterocycles. The van der Waals surface area contributed by atoms with Crippen molar-refractivity contribution in [3.05, 3.63) is 28.0 Å². The third-order valence-electron chi connectivity index (χ3n) is 1.93. The first-order valence-corrected chi connectivity index (χ1v) is 5.07. The van der Waals surface area contributed by atoms with Gasteiger partial charge in [-0.05, 0) is 40.0 Å². The number of benzene rings is 1. The van der Waals surface area contributed by atoms with Crippen LogP contribution in [-0.2, 0) is 11.2 Å². The molecule has 0 saturated carbocycles. The molecule has 0 atom stereocenters. The van der Waals surface area contributed by atoms with E-state index in [9.17, 15) is 9.18 Å². The van der Waals surface area contributed by atoms with Gasteiger partial charge in [-0.1, -0.05) is 0 Å². The van der Waals surface area contributed by atoms with Crippen LogP contribution < -0.4 is 4.74 Å². The number of halogens is 2. The first-order valence-electron chi connectivity index (χ1n) is 4.28. The van der Waals surface area contributed by atoms with E-state index in [4.69, 9.17) is 9.84 Å². The van der Waals surface area contributed by atoms with E-state index in [1.165, 1.54) is 19.2 Å². The van der Waals surface area contributed by atoms with Crippen LogP contribution in [0.25, 0.3) is 0 Å². The predicted molar refractivity (Wildman–Crippen MR) is 56.6 cm³/mol. The summed E-state index contributed by atoms with van der Waals surface area (Å²) in [5, 5.41) is 8.48. The van der Waals surface area contributed by atoms with E-state index in [-0.39, 0.29) is 12.8 Å². The lowest BCUT2D eigenvalue weighted by Crippen LogP contribution is -2.00. The van der Waals surface area contributed by atoms with E-state index >= 15 is 0 Å². The van der Waals surface area contributed by atoms with Crippen molar-refractivity contribution >= 4 is 21.9 Å². The third-order valence-corrected chi connectivity index (χ3v) is 2.55. The summed E-state index contributed by atoms with van der Waals surface area (Å²) < 4.78 is 18.8. The summed E-state index contributed by atoms with van der Waals surface area (Å²) in [5.74, 6) is -0.878. The van der Waals surface area contributed by atoms with E-state index in [0.29, 0.717) is 15.8 Å². The average molecular weight is 277 g/mol. The smallest absolute Gasteiger partial charge is 0.303 e. The largest absolute Gasteiger partial charge is 0.496 e. The molecule has 0 heterocycles. The van der Waals surface area contributed by atoms with E-state index < -0.39 is 11.8 Å². The van der Waals surface area contributed by atoms with Gasteiger partial charge in [0.05, 0.1) is 11.6 Å². The Morgan fingerprint density at radius 1 is 1.60 bits per heavy atom. The molecule has 0 spiro atoms. The minimum atomic E-state index is -0.948. The zero-order valence-corrected chi connectivity index (χ0v) is 9.67. The Bertz CT molecular complexity index is 379. The maximum Gasteiger partial charge on any atom is 0.303 e. The summed E-state index contributed by atoms with van der Waals surface area (Å²) in [5.41, 5.74) is 0.345. The molecule has 0 unspecified atom stereocenters. The molecule has 5 heteroatoms. The molecule has 0 aliphatic heterocycles. The molecule has 82 valence electrons. The number of hydrogen-bond donors (Lipinski definition) is 1. The lowest BCUT2D eigenvalue weighted by molar-refractivity contribution is -0.136. The number of rotatable bonds is 4. The van der Waals surface area contributed by atoms with Crippen LogP contribution in [0.15, 0.2) is 16.6 Å². The first-order chi connectivity index (χ1) is 7.04. The van der Waals surface area contributed by atoms with Gasteiger partial charge in [-0.15, -0.1) is 0 Å². The topological polar surface area (TPSA) is 46.5 Å². The van der Waals surface area contributed by atoms with Gasteiger partial charge in [-0.25, -0.2) is 4.39 Å². The minimum Gasteiger partial charge on any atom is -0.496 e. The summed E-state index contributed by atoms with van der Waals surface area (Å²) in [6, 6.07) is 2.78. The van der Waals surface area contributed by atoms with Crippen LogP contribution >= 0.6 is 15.9 Å². The van der Waals surface area contributed by atoms with Crippen molar-refractivity contribution in [1.82, 2.24) is 0 Å². The molecule has 0 aliphatic rings. The Morgan fingerprint density at radius 3 is 2.80 bits per heavy atom. The molecule has 1 aromatic carbocycles. The van der Waals surface area contributed by atoms with Crippen LogP contribution in [0.3, 0.4) is 0 Å². The fourth-order valence-corrected chi connectivity index (χ4v) is 1.64. The quantitative estimate of drug-likeness (QED) is 0.920. The maximum absolute atomic E-state index is 13.3. The van der Waals surface area contributed by atoms with Crippen molar-refractivity contribution in [2.75, 3.05) is 7.11 Å². The number of carboxylic acid groups (broad SMARTS) is 1. The summed E-state index contributed by atoms with van der Waals surface area (Å²) in [6.45, 7) is 0. The van der Waals surface area contributed by atoms with Crippen LogP contribution in [0.2, 0.25) is 0 Å². The molecule has 1 aromatic rings. The highest BCUT2D eigenvalue weighted by Gasteiger charge is 2.09. The van der Waals surface area contributed by atoms with E-state index in [2.05, 4.69) is 15.9 Å². The minimum absolute atomic E-state index is 0.0955. The summed E-state index contributed by atoms with van der Waals surface area (Å²) in [7, 11) is 1.47. The lowest BCUT2D eigenvalue weighted by Gasteiger charge is -2.07. The Labute approximate surface area is 95.0 Å². The normalized spacial score (nSPS) is 10.1. The molecular formula is C10H10BrFO3. The Kier molecular flexibility index (Phi) is 4.08. The van der Waals surface area contributed by atoms with Gasteiger partial charge in [0.15, 0.2) is 0 Å².